The third kappa shape index (κ3) is 7.73. The molecule has 116 valence electrons. The van der Waals surface area contributed by atoms with Crippen molar-refractivity contribution in [1.29, 1.82) is 0 Å². The average Bonchev–Trinajstić information content (AvgIpc) is 2.49. The molecular weight excluding hydrogens is 286 g/mol. The number of urea groups is 1. The van der Waals surface area contributed by atoms with Crippen LogP contribution in [0.5, 0.6) is 0 Å². The molecule has 2 amide bonds. The minimum atomic E-state index is -0.181. The number of carbonyl (C=O) groups is 1. The molecule has 0 saturated carbocycles. The van der Waals surface area contributed by atoms with E-state index in [1.54, 1.807) is 6.20 Å². The molecule has 1 aromatic carbocycles. The van der Waals surface area contributed by atoms with Crippen LogP contribution in [0.25, 0.3) is 6.08 Å². The van der Waals surface area contributed by atoms with Gasteiger partial charge in [-0.2, -0.15) is 0 Å². The van der Waals surface area contributed by atoms with Crippen molar-refractivity contribution in [3.8, 4) is 0 Å². The number of nitrogens with one attached hydrogen (secondary N) is 2. The first-order valence-corrected chi connectivity index (χ1v) is 7.72. The molecule has 0 radical (unpaired) electrons. The van der Waals surface area contributed by atoms with Crippen LogP contribution in [0.15, 0.2) is 30.5 Å². The van der Waals surface area contributed by atoms with Gasteiger partial charge in [-0.25, -0.2) is 4.79 Å². The van der Waals surface area contributed by atoms with Crippen LogP contribution in [0.2, 0.25) is 5.02 Å². The first-order chi connectivity index (χ1) is 10.2. The summed E-state index contributed by atoms with van der Waals surface area (Å²) in [4.78, 5) is 13.9. The Hall–Kier alpha value is -1.52. The van der Waals surface area contributed by atoms with E-state index in [2.05, 4.69) is 29.4 Å². The van der Waals surface area contributed by atoms with Crippen LogP contribution < -0.4 is 10.6 Å². The van der Waals surface area contributed by atoms with Crippen LogP contribution in [0.3, 0.4) is 0 Å². The van der Waals surface area contributed by atoms with Crippen molar-refractivity contribution in [3.05, 3.63) is 41.1 Å². The number of benzene rings is 1. The summed E-state index contributed by atoms with van der Waals surface area (Å²) >= 11 is 5.80. The highest BCUT2D eigenvalue weighted by Crippen LogP contribution is 2.10. The van der Waals surface area contributed by atoms with Crippen molar-refractivity contribution in [2.75, 3.05) is 26.2 Å². The van der Waals surface area contributed by atoms with E-state index < -0.39 is 0 Å². The minimum Gasteiger partial charge on any atom is -0.338 e. The fourth-order valence-electron chi connectivity index (χ4n) is 1.88. The van der Waals surface area contributed by atoms with Gasteiger partial charge in [-0.3, -0.25) is 0 Å². The maximum absolute atomic E-state index is 11.6. The maximum Gasteiger partial charge on any atom is 0.318 e. The van der Waals surface area contributed by atoms with Crippen molar-refractivity contribution in [3.63, 3.8) is 0 Å². The predicted molar refractivity (Wildman–Crippen MR) is 89.4 cm³/mol. The van der Waals surface area contributed by atoms with Gasteiger partial charge >= 0.3 is 6.03 Å². The molecule has 21 heavy (non-hydrogen) atoms. The molecule has 0 bridgehead atoms. The Kier molecular flexibility index (Phi) is 8.55. The van der Waals surface area contributed by atoms with E-state index >= 15 is 0 Å². The largest absolute Gasteiger partial charge is 0.338 e. The summed E-state index contributed by atoms with van der Waals surface area (Å²) in [5.41, 5.74) is 0.987. The SMILES string of the molecule is CCN(CC)CCCNC(=O)N/C=C/c1ccc(Cl)cc1. The Morgan fingerprint density at radius 3 is 2.52 bits per heavy atom. The highest BCUT2D eigenvalue weighted by atomic mass is 35.5. The lowest BCUT2D eigenvalue weighted by Gasteiger charge is -2.17. The van der Waals surface area contributed by atoms with Gasteiger partial charge in [-0.1, -0.05) is 37.6 Å². The van der Waals surface area contributed by atoms with Gasteiger partial charge in [-0.15, -0.1) is 0 Å². The fraction of sp³-hybridized carbons (Fsp3) is 0.438. The van der Waals surface area contributed by atoms with E-state index in [-0.39, 0.29) is 6.03 Å². The molecule has 0 atom stereocenters. The molecule has 4 nitrogen and oxygen atoms in total. The summed E-state index contributed by atoms with van der Waals surface area (Å²) in [6, 6.07) is 7.23. The molecule has 1 aromatic rings. The highest BCUT2D eigenvalue weighted by molar-refractivity contribution is 6.30. The third-order valence-corrected chi connectivity index (χ3v) is 3.44. The topological polar surface area (TPSA) is 44.4 Å². The zero-order valence-electron chi connectivity index (χ0n) is 12.7. The number of carbonyl (C=O) groups excluding carboxylic acids is 1. The third-order valence-electron chi connectivity index (χ3n) is 3.19. The standard InChI is InChI=1S/C16H24ClN3O/c1-3-20(4-2)13-5-11-18-16(21)19-12-10-14-6-8-15(17)9-7-14/h6-10,12H,3-5,11,13H2,1-2H3,(H2,18,19,21)/b12-10+. The van der Waals surface area contributed by atoms with Crippen LogP contribution in [0.4, 0.5) is 4.79 Å². The van der Waals surface area contributed by atoms with Crippen molar-refractivity contribution in [2.24, 2.45) is 0 Å². The molecule has 0 aliphatic carbocycles. The van der Waals surface area contributed by atoms with Crippen molar-refractivity contribution in [1.82, 2.24) is 15.5 Å². The number of hydrogen-bond acceptors (Lipinski definition) is 2. The second-order valence-electron chi connectivity index (χ2n) is 4.67. The first kappa shape index (κ1) is 17.5. The molecule has 0 heterocycles. The van der Waals surface area contributed by atoms with Gasteiger partial charge < -0.3 is 15.5 Å². The lowest BCUT2D eigenvalue weighted by atomic mass is 10.2. The summed E-state index contributed by atoms with van der Waals surface area (Å²) in [7, 11) is 0. The minimum absolute atomic E-state index is 0.181. The number of hydrogen-bond donors (Lipinski definition) is 2. The Labute approximate surface area is 132 Å². The average molecular weight is 310 g/mol. The van der Waals surface area contributed by atoms with E-state index in [0.717, 1.165) is 31.6 Å². The molecular formula is C16H24ClN3O. The van der Waals surface area contributed by atoms with Gasteiger partial charge in [-0.05, 0) is 49.8 Å². The number of rotatable bonds is 8. The van der Waals surface area contributed by atoms with Gasteiger partial charge in [0.2, 0.25) is 0 Å². The van der Waals surface area contributed by atoms with E-state index in [0.29, 0.717) is 11.6 Å². The smallest absolute Gasteiger partial charge is 0.318 e. The predicted octanol–water partition coefficient (Wildman–Crippen LogP) is 3.34. The number of amides is 2. The molecule has 1 rings (SSSR count). The molecule has 0 aromatic heterocycles. The van der Waals surface area contributed by atoms with Crippen LogP contribution >= 0.6 is 11.6 Å². The van der Waals surface area contributed by atoms with E-state index in [4.69, 9.17) is 11.6 Å². The van der Waals surface area contributed by atoms with Crippen molar-refractivity contribution in [2.45, 2.75) is 20.3 Å². The van der Waals surface area contributed by atoms with E-state index in [1.807, 2.05) is 30.3 Å². The molecule has 5 heteroatoms. The number of halogens is 1. The van der Waals surface area contributed by atoms with Crippen LogP contribution in [0.1, 0.15) is 25.8 Å². The van der Waals surface area contributed by atoms with Gasteiger partial charge in [0.1, 0.15) is 0 Å². The Bertz CT molecular complexity index is 441. The second kappa shape index (κ2) is 10.2. The first-order valence-electron chi connectivity index (χ1n) is 7.34. The molecule has 0 saturated heterocycles. The lowest BCUT2D eigenvalue weighted by molar-refractivity contribution is 0.242. The normalized spacial score (nSPS) is 11.0. The summed E-state index contributed by atoms with van der Waals surface area (Å²) < 4.78 is 0. The zero-order valence-corrected chi connectivity index (χ0v) is 13.5. The molecule has 0 aliphatic rings. The Morgan fingerprint density at radius 2 is 1.90 bits per heavy atom. The van der Waals surface area contributed by atoms with Crippen molar-refractivity contribution >= 4 is 23.7 Å². The fourth-order valence-corrected chi connectivity index (χ4v) is 2.01. The molecule has 0 unspecified atom stereocenters. The molecule has 2 N–H and O–H groups in total. The quantitative estimate of drug-likeness (QED) is 0.723. The molecule has 0 fully saturated rings. The monoisotopic (exact) mass is 309 g/mol. The Balaban J connectivity index is 2.17. The summed E-state index contributed by atoms with van der Waals surface area (Å²) in [5.74, 6) is 0. The van der Waals surface area contributed by atoms with Crippen LogP contribution in [-0.4, -0.2) is 37.1 Å². The maximum atomic E-state index is 11.6. The lowest BCUT2D eigenvalue weighted by Crippen LogP contribution is -2.34. The summed E-state index contributed by atoms with van der Waals surface area (Å²) in [5, 5.41) is 6.22. The van der Waals surface area contributed by atoms with Gasteiger partial charge in [0.25, 0.3) is 0 Å². The number of nitrogens with zero attached hydrogens (tertiary/aromatic N) is 1. The summed E-state index contributed by atoms with van der Waals surface area (Å²) in [6.45, 7) is 8.07. The van der Waals surface area contributed by atoms with Crippen molar-refractivity contribution < 1.29 is 4.79 Å². The van der Waals surface area contributed by atoms with Crippen LogP contribution in [-0.2, 0) is 0 Å². The Morgan fingerprint density at radius 1 is 1.24 bits per heavy atom. The second-order valence-corrected chi connectivity index (χ2v) is 5.10. The highest BCUT2D eigenvalue weighted by Gasteiger charge is 1.99. The van der Waals surface area contributed by atoms with Gasteiger partial charge in [0.05, 0.1) is 0 Å². The van der Waals surface area contributed by atoms with E-state index in [1.165, 1.54) is 0 Å². The molecule has 0 aliphatic heterocycles. The van der Waals surface area contributed by atoms with Crippen LogP contribution in [0, 0.1) is 0 Å². The molecule has 0 spiro atoms. The van der Waals surface area contributed by atoms with Gasteiger partial charge in [0, 0.05) is 17.8 Å². The van der Waals surface area contributed by atoms with Gasteiger partial charge in [0.15, 0.2) is 0 Å². The zero-order chi connectivity index (χ0) is 15.5. The van der Waals surface area contributed by atoms with E-state index in [9.17, 15) is 4.79 Å². The summed E-state index contributed by atoms with van der Waals surface area (Å²) in [6.07, 6.45) is 4.41.